The maximum Gasteiger partial charge on any atom is 0.0453 e. The fourth-order valence-electron chi connectivity index (χ4n) is 3.38. The zero-order valence-corrected chi connectivity index (χ0v) is 11.8. The van der Waals surface area contributed by atoms with Crippen molar-refractivity contribution >= 4 is 34.8 Å². The molecule has 2 aliphatic carbocycles. The maximum absolute atomic E-state index is 6.25. The van der Waals surface area contributed by atoms with Gasteiger partial charge in [-0.1, -0.05) is 29.3 Å². The van der Waals surface area contributed by atoms with Crippen LogP contribution in [0.4, 0.5) is 0 Å². The summed E-state index contributed by atoms with van der Waals surface area (Å²) in [4.78, 5) is 0. The molecule has 0 aromatic heterocycles. The van der Waals surface area contributed by atoms with Crippen LogP contribution in [-0.2, 0) is 6.42 Å². The van der Waals surface area contributed by atoms with Gasteiger partial charge in [0, 0.05) is 15.9 Å². The van der Waals surface area contributed by atoms with Crippen LogP contribution < -0.4 is 0 Å². The third-order valence-corrected chi connectivity index (χ3v) is 5.48. The van der Waals surface area contributed by atoms with Crippen molar-refractivity contribution in [3.8, 4) is 0 Å². The second-order valence-corrected chi connectivity index (χ2v) is 6.82. The minimum atomic E-state index is 0.284. The van der Waals surface area contributed by atoms with Crippen molar-refractivity contribution in [3.63, 3.8) is 0 Å². The summed E-state index contributed by atoms with van der Waals surface area (Å²) in [6.07, 6.45) is 4.98. The van der Waals surface area contributed by atoms with Gasteiger partial charge in [0.15, 0.2) is 0 Å². The van der Waals surface area contributed by atoms with Crippen LogP contribution in [0, 0.1) is 17.3 Å². The van der Waals surface area contributed by atoms with E-state index < -0.39 is 0 Å². The molecule has 0 radical (unpaired) electrons. The van der Waals surface area contributed by atoms with Crippen LogP contribution in [0.3, 0.4) is 0 Å². The first kappa shape index (κ1) is 12.1. The van der Waals surface area contributed by atoms with E-state index in [4.69, 9.17) is 34.8 Å². The van der Waals surface area contributed by atoms with Crippen molar-refractivity contribution in [2.24, 2.45) is 17.3 Å². The van der Waals surface area contributed by atoms with Crippen molar-refractivity contribution in [2.75, 3.05) is 5.88 Å². The summed E-state index contributed by atoms with van der Waals surface area (Å²) in [6.45, 7) is 0. The molecular formula is C14H15Cl3. The van der Waals surface area contributed by atoms with Gasteiger partial charge in [0.2, 0.25) is 0 Å². The van der Waals surface area contributed by atoms with Gasteiger partial charge in [0.1, 0.15) is 0 Å². The molecule has 3 rings (SSSR count). The molecule has 92 valence electrons. The number of fused-ring (bicyclic) bond motifs is 1. The smallest absolute Gasteiger partial charge is 0.0453 e. The van der Waals surface area contributed by atoms with Gasteiger partial charge in [-0.25, -0.2) is 0 Å². The van der Waals surface area contributed by atoms with Gasteiger partial charge in [0.05, 0.1) is 0 Å². The third-order valence-electron chi connectivity index (χ3n) is 4.32. The van der Waals surface area contributed by atoms with Gasteiger partial charge in [-0.15, -0.1) is 11.6 Å². The van der Waals surface area contributed by atoms with E-state index in [1.807, 2.05) is 18.2 Å². The molecule has 1 aromatic carbocycles. The SMILES string of the molecule is ClCC1(Cc2ccc(Cl)cc2Cl)CC2CC2C1. The summed E-state index contributed by atoms with van der Waals surface area (Å²) in [5.74, 6) is 2.64. The van der Waals surface area contributed by atoms with Crippen LogP contribution in [-0.4, -0.2) is 5.88 Å². The van der Waals surface area contributed by atoms with Gasteiger partial charge in [-0.05, 0) is 60.6 Å². The monoisotopic (exact) mass is 288 g/mol. The quantitative estimate of drug-likeness (QED) is 0.672. The van der Waals surface area contributed by atoms with Gasteiger partial charge < -0.3 is 0 Å². The Morgan fingerprint density at radius 3 is 2.47 bits per heavy atom. The minimum absolute atomic E-state index is 0.284. The van der Waals surface area contributed by atoms with Gasteiger partial charge >= 0.3 is 0 Å². The zero-order chi connectivity index (χ0) is 12.0. The summed E-state index contributed by atoms with van der Waals surface area (Å²) in [6, 6.07) is 5.79. The highest BCUT2D eigenvalue weighted by Crippen LogP contribution is 2.61. The fraction of sp³-hybridized carbons (Fsp3) is 0.571. The molecule has 0 aliphatic heterocycles. The Morgan fingerprint density at radius 2 is 1.88 bits per heavy atom. The normalized spacial score (nSPS) is 34.8. The molecule has 2 aliphatic rings. The molecule has 2 saturated carbocycles. The molecule has 0 saturated heterocycles. The van der Waals surface area contributed by atoms with E-state index in [-0.39, 0.29) is 5.41 Å². The first-order valence-corrected chi connectivity index (χ1v) is 7.41. The number of benzene rings is 1. The fourth-order valence-corrected chi connectivity index (χ4v) is 4.16. The Bertz CT molecular complexity index is 431. The Kier molecular flexibility index (Phi) is 3.09. The summed E-state index contributed by atoms with van der Waals surface area (Å²) in [5, 5.41) is 1.48. The largest absolute Gasteiger partial charge is 0.126 e. The molecule has 0 nitrogen and oxygen atoms in total. The number of hydrogen-bond donors (Lipinski definition) is 0. The Balaban J connectivity index is 1.81. The molecule has 0 heterocycles. The molecule has 2 unspecified atom stereocenters. The van der Waals surface area contributed by atoms with Crippen molar-refractivity contribution < 1.29 is 0 Å². The van der Waals surface area contributed by atoms with Crippen molar-refractivity contribution in [3.05, 3.63) is 33.8 Å². The maximum atomic E-state index is 6.25. The lowest BCUT2D eigenvalue weighted by atomic mass is 9.79. The lowest BCUT2D eigenvalue weighted by molar-refractivity contribution is 0.303. The molecule has 1 aromatic rings. The molecule has 3 heteroatoms. The average Bonchev–Trinajstić information content (AvgIpc) is 2.91. The molecule has 0 N–H and O–H groups in total. The van der Waals surface area contributed by atoms with E-state index >= 15 is 0 Å². The molecule has 2 atom stereocenters. The van der Waals surface area contributed by atoms with Gasteiger partial charge in [0.25, 0.3) is 0 Å². The molecule has 2 fully saturated rings. The number of hydrogen-bond acceptors (Lipinski definition) is 0. The van der Waals surface area contributed by atoms with Crippen molar-refractivity contribution in [1.29, 1.82) is 0 Å². The predicted molar refractivity (Wildman–Crippen MR) is 74.2 cm³/mol. The molecule has 0 amide bonds. The summed E-state index contributed by atoms with van der Waals surface area (Å²) >= 11 is 18.4. The van der Waals surface area contributed by atoms with E-state index in [2.05, 4.69) is 0 Å². The number of rotatable bonds is 3. The van der Waals surface area contributed by atoms with Crippen molar-refractivity contribution in [2.45, 2.75) is 25.7 Å². The van der Waals surface area contributed by atoms with E-state index in [9.17, 15) is 0 Å². The minimum Gasteiger partial charge on any atom is -0.126 e. The first-order chi connectivity index (χ1) is 8.12. The second-order valence-electron chi connectivity index (χ2n) is 5.71. The van der Waals surface area contributed by atoms with Crippen LogP contribution in [0.15, 0.2) is 18.2 Å². The first-order valence-electron chi connectivity index (χ1n) is 6.12. The number of alkyl halides is 1. The van der Waals surface area contributed by atoms with Crippen LogP contribution in [0.1, 0.15) is 24.8 Å². The lowest BCUT2D eigenvalue weighted by Crippen LogP contribution is -2.24. The van der Waals surface area contributed by atoms with Gasteiger partial charge in [-0.3, -0.25) is 0 Å². The summed E-state index contributed by atoms with van der Waals surface area (Å²) < 4.78 is 0. The third kappa shape index (κ3) is 2.32. The van der Waals surface area contributed by atoms with E-state index in [0.717, 1.165) is 29.2 Å². The standard InChI is InChI=1S/C14H15Cl3/c15-8-14(6-10-3-11(10)7-14)5-9-1-2-12(16)4-13(9)17/h1-2,4,10-11H,3,5-8H2. The number of halogens is 3. The molecule has 0 bridgehead atoms. The van der Waals surface area contributed by atoms with Gasteiger partial charge in [-0.2, -0.15) is 0 Å². The molecule has 17 heavy (non-hydrogen) atoms. The summed E-state index contributed by atoms with van der Waals surface area (Å²) in [5.41, 5.74) is 1.48. The highest BCUT2D eigenvalue weighted by molar-refractivity contribution is 6.35. The van der Waals surface area contributed by atoms with E-state index in [1.165, 1.54) is 24.8 Å². The van der Waals surface area contributed by atoms with Crippen LogP contribution in [0.5, 0.6) is 0 Å². The second kappa shape index (κ2) is 4.33. The zero-order valence-electron chi connectivity index (χ0n) is 9.56. The van der Waals surface area contributed by atoms with Crippen molar-refractivity contribution in [1.82, 2.24) is 0 Å². The summed E-state index contributed by atoms with van der Waals surface area (Å²) in [7, 11) is 0. The van der Waals surface area contributed by atoms with Crippen LogP contribution >= 0.6 is 34.8 Å². The highest BCUT2D eigenvalue weighted by Gasteiger charge is 2.53. The van der Waals surface area contributed by atoms with Crippen LogP contribution in [0.2, 0.25) is 10.0 Å². The topological polar surface area (TPSA) is 0 Å². The average molecular weight is 290 g/mol. The Morgan fingerprint density at radius 1 is 1.18 bits per heavy atom. The predicted octanol–water partition coefficient (Wildman–Crippen LogP) is 5.19. The highest BCUT2D eigenvalue weighted by atomic mass is 35.5. The Hall–Kier alpha value is 0.0900. The van der Waals surface area contributed by atoms with E-state index in [1.54, 1.807) is 0 Å². The Labute approximate surface area is 117 Å². The molecule has 0 spiro atoms. The lowest BCUT2D eigenvalue weighted by Gasteiger charge is -2.29. The van der Waals surface area contributed by atoms with Crippen LogP contribution in [0.25, 0.3) is 0 Å². The van der Waals surface area contributed by atoms with E-state index in [0.29, 0.717) is 5.02 Å². The molecular weight excluding hydrogens is 275 g/mol.